The topological polar surface area (TPSA) is 39.2 Å². The van der Waals surface area contributed by atoms with Gasteiger partial charge in [0.1, 0.15) is 10.8 Å². The molecule has 0 fully saturated rings. The van der Waals surface area contributed by atoms with Gasteiger partial charge in [0.2, 0.25) is 0 Å². The number of benzene rings is 1. The molecule has 0 N–H and O–H groups in total. The zero-order chi connectivity index (χ0) is 13.0. The average Bonchev–Trinajstić information content (AvgIpc) is 2.77. The Bertz CT molecular complexity index is 570. The van der Waals surface area contributed by atoms with Gasteiger partial charge in [0.05, 0.1) is 0 Å². The first-order chi connectivity index (χ1) is 8.69. The molecule has 0 radical (unpaired) electrons. The molecule has 0 saturated carbocycles. The molecule has 0 spiro atoms. The van der Waals surface area contributed by atoms with E-state index < -0.39 is 0 Å². The summed E-state index contributed by atoms with van der Waals surface area (Å²) in [6.07, 6.45) is 4.88. The van der Waals surface area contributed by atoms with Crippen LogP contribution in [0.1, 0.15) is 11.8 Å². The second-order valence-corrected chi connectivity index (χ2v) is 4.96. The van der Waals surface area contributed by atoms with E-state index in [1.807, 2.05) is 25.3 Å². The molecule has 0 atom stereocenters. The second-order valence-electron chi connectivity index (χ2n) is 3.72. The zero-order valence-electron chi connectivity index (χ0n) is 10.2. The van der Waals surface area contributed by atoms with Crippen LogP contribution in [0.3, 0.4) is 0 Å². The van der Waals surface area contributed by atoms with Crippen molar-refractivity contribution in [1.29, 1.82) is 0 Å². The van der Waals surface area contributed by atoms with E-state index in [4.69, 9.17) is 4.74 Å². The summed E-state index contributed by atoms with van der Waals surface area (Å²) in [5.41, 5.74) is 1.03. The fourth-order valence-corrected chi connectivity index (χ4v) is 2.21. The van der Waals surface area contributed by atoms with Crippen LogP contribution in [-0.2, 0) is 4.79 Å². The monoisotopic (exact) mass is 259 g/mol. The Morgan fingerprint density at radius 3 is 2.61 bits per heavy atom. The highest BCUT2D eigenvalue weighted by molar-refractivity contribution is 7.14. The zero-order valence-corrected chi connectivity index (χ0v) is 11.0. The molecule has 4 heteroatoms. The van der Waals surface area contributed by atoms with E-state index in [1.165, 1.54) is 11.0 Å². The molecular weight excluding hydrogens is 246 g/mol. The van der Waals surface area contributed by atoms with Crippen LogP contribution >= 0.6 is 11.3 Å². The van der Waals surface area contributed by atoms with Gasteiger partial charge in [-0.25, -0.2) is 9.78 Å². The SMILES string of the molecule is CC=CC(=O)Oc1ccc(-c2ncc(C)s2)cc1. The molecule has 0 aliphatic rings. The number of hydrogen-bond donors (Lipinski definition) is 0. The predicted molar refractivity (Wildman–Crippen MR) is 72.7 cm³/mol. The van der Waals surface area contributed by atoms with Crippen molar-refractivity contribution in [2.75, 3.05) is 0 Å². The Kier molecular flexibility index (Phi) is 3.89. The summed E-state index contributed by atoms with van der Waals surface area (Å²) in [5, 5.41) is 0.971. The van der Waals surface area contributed by atoms with Gasteiger partial charge in [0.15, 0.2) is 0 Å². The van der Waals surface area contributed by atoms with E-state index in [9.17, 15) is 4.79 Å². The van der Waals surface area contributed by atoms with Crippen molar-refractivity contribution in [1.82, 2.24) is 4.98 Å². The Morgan fingerprint density at radius 1 is 1.33 bits per heavy atom. The minimum Gasteiger partial charge on any atom is -0.423 e. The highest BCUT2D eigenvalue weighted by Gasteiger charge is 2.04. The van der Waals surface area contributed by atoms with Crippen LogP contribution in [0.5, 0.6) is 5.75 Å². The fourth-order valence-electron chi connectivity index (χ4n) is 1.44. The maximum absolute atomic E-state index is 11.3. The van der Waals surface area contributed by atoms with Gasteiger partial charge in [-0.05, 0) is 38.1 Å². The van der Waals surface area contributed by atoms with Crippen molar-refractivity contribution < 1.29 is 9.53 Å². The lowest BCUT2D eigenvalue weighted by Gasteiger charge is -2.02. The van der Waals surface area contributed by atoms with Gasteiger partial charge in [-0.1, -0.05) is 6.08 Å². The first kappa shape index (κ1) is 12.5. The number of allylic oxidation sites excluding steroid dienone is 1. The van der Waals surface area contributed by atoms with Gasteiger partial charge in [-0.15, -0.1) is 11.3 Å². The maximum atomic E-state index is 11.3. The van der Waals surface area contributed by atoms with Crippen LogP contribution in [0, 0.1) is 6.92 Å². The Balaban J connectivity index is 2.13. The number of carbonyl (C=O) groups excluding carboxylic acids is 1. The van der Waals surface area contributed by atoms with Crippen LogP contribution in [0.15, 0.2) is 42.6 Å². The second kappa shape index (κ2) is 5.60. The molecule has 0 aliphatic carbocycles. The molecule has 18 heavy (non-hydrogen) atoms. The van der Waals surface area contributed by atoms with E-state index in [0.29, 0.717) is 5.75 Å². The number of rotatable bonds is 3. The van der Waals surface area contributed by atoms with Gasteiger partial charge >= 0.3 is 5.97 Å². The lowest BCUT2D eigenvalue weighted by Crippen LogP contribution is -2.03. The van der Waals surface area contributed by atoms with Crippen LogP contribution in [0.2, 0.25) is 0 Å². The van der Waals surface area contributed by atoms with Gasteiger partial charge < -0.3 is 4.74 Å². The van der Waals surface area contributed by atoms with Gasteiger partial charge in [-0.2, -0.15) is 0 Å². The van der Waals surface area contributed by atoms with Crippen molar-refractivity contribution >= 4 is 17.3 Å². The first-order valence-corrected chi connectivity index (χ1v) is 6.38. The standard InChI is InChI=1S/C14H13NO2S/c1-3-4-13(16)17-12-7-5-11(6-8-12)14-15-9-10(2)18-14/h3-9H,1-2H3. The smallest absolute Gasteiger partial charge is 0.335 e. The summed E-state index contributed by atoms with van der Waals surface area (Å²) >= 11 is 1.64. The molecule has 3 nitrogen and oxygen atoms in total. The third-order valence-corrected chi connectivity index (χ3v) is 3.21. The Hall–Kier alpha value is -1.94. The van der Waals surface area contributed by atoms with E-state index in [-0.39, 0.29) is 5.97 Å². The molecule has 2 aromatic rings. The molecule has 0 aliphatic heterocycles. The number of esters is 1. The number of nitrogens with zero attached hydrogens (tertiary/aromatic N) is 1. The van der Waals surface area contributed by atoms with Gasteiger partial charge in [0.25, 0.3) is 0 Å². The van der Waals surface area contributed by atoms with Crippen molar-refractivity contribution in [3.63, 3.8) is 0 Å². The highest BCUT2D eigenvalue weighted by Crippen LogP contribution is 2.26. The van der Waals surface area contributed by atoms with Gasteiger partial charge in [-0.3, -0.25) is 0 Å². The molecule has 0 unspecified atom stereocenters. The van der Waals surface area contributed by atoms with Crippen LogP contribution in [0.4, 0.5) is 0 Å². The first-order valence-electron chi connectivity index (χ1n) is 5.56. The van der Waals surface area contributed by atoms with Crippen LogP contribution in [0.25, 0.3) is 10.6 Å². The van der Waals surface area contributed by atoms with Crippen molar-refractivity contribution in [2.24, 2.45) is 0 Å². The lowest BCUT2D eigenvalue weighted by atomic mass is 10.2. The van der Waals surface area contributed by atoms with E-state index >= 15 is 0 Å². The largest absolute Gasteiger partial charge is 0.423 e. The van der Waals surface area contributed by atoms with E-state index in [0.717, 1.165) is 10.6 Å². The van der Waals surface area contributed by atoms with Crippen LogP contribution < -0.4 is 4.74 Å². The molecule has 0 bridgehead atoms. The minimum atomic E-state index is -0.365. The Labute approximate surface area is 110 Å². The predicted octanol–water partition coefficient (Wildman–Crippen LogP) is 3.60. The summed E-state index contributed by atoms with van der Waals surface area (Å²) in [5.74, 6) is 0.172. The fraction of sp³-hybridized carbons (Fsp3) is 0.143. The lowest BCUT2D eigenvalue weighted by molar-refractivity contribution is -0.128. The maximum Gasteiger partial charge on any atom is 0.335 e. The Morgan fingerprint density at radius 2 is 2.06 bits per heavy atom. The summed E-state index contributed by atoms with van der Waals surface area (Å²) < 4.78 is 5.11. The molecule has 2 rings (SSSR count). The van der Waals surface area contributed by atoms with E-state index in [2.05, 4.69) is 4.98 Å². The number of carbonyl (C=O) groups is 1. The quantitative estimate of drug-likeness (QED) is 0.480. The number of ether oxygens (including phenoxy) is 1. The van der Waals surface area contributed by atoms with E-state index in [1.54, 1.807) is 36.5 Å². The number of aryl methyl sites for hydroxylation is 1. The minimum absolute atomic E-state index is 0.365. The average molecular weight is 259 g/mol. The normalized spacial score (nSPS) is 10.8. The van der Waals surface area contributed by atoms with Crippen molar-refractivity contribution in [3.05, 3.63) is 47.5 Å². The third-order valence-electron chi connectivity index (χ3n) is 2.24. The van der Waals surface area contributed by atoms with Crippen molar-refractivity contribution in [3.8, 4) is 16.3 Å². The third kappa shape index (κ3) is 3.05. The molecule has 1 aromatic heterocycles. The molecule has 92 valence electrons. The molecular formula is C14H13NO2S. The molecule has 0 amide bonds. The molecule has 0 saturated heterocycles. The highest BCUT2D eigenvalue weighted by atomic mass is 32.1. The summed E-state index contributed by atoms with van der Waals surface area (Å²) in [6.45, 7) is 3.80. The van der Waals surface area contributed by atoms with Crippen molar-refractivity contribution in [2.45, 2.75) is 13.8 Å². The number of aromatic nitrogens is 1. The van der Waals surface area contributed by atoms with Crippen LogP contribution in [-0.4, -0.2) is 11.0 Å². The summed E-state index contributed by atoms with van der Waals surface area (Å²) in [4.78, 5) is 16.7. The summed E-state index contributed by atoms with van der Waals surface area (Å²) in [7, 11) is 0. The summed E-state index contributed by atoms with van der Waals surface area (Å²) in [6, 6.07) is 7.34. The number of hydrogen-bond acceptors (Lipinski definition) is 4. The molecule has 1 heterocycles. The molecule has 1 aromatic carbocycles. The number of thiazole rings is 1. The van der Waals surface area contributed by atoms with Gasteiger partial charge in [0, 0.05) is 22.7 Å².